The van der Waals surface area contributed by atoms with Gasteiger partial charge in [-0.1, -0.05) is 0 Å². The highest BCUT2D eigenvalue weighted by Gasteiger charge is 2.34. The molecule has 1 atom stereocenters. The van der Waals surface area contributed by atoms with E-state index in [-0.39, 0.29) is 42.5 Å². The first-order valence-electron chi connectivity index (χ1n) is 9.05. The maximum atomic E-state index is 13.6. The van der Waals surface area contributed by atoms with Crippen LogP contribution >= 0.6 is 24.0 Å². The van der Waals surface area contributed by atoms with Gasteiger partial charge in [0.15, 0.2) is 23.4 Å². The minimum Gasteiger partial charge on any atom is -0.396 e. The minimum atomic E-state index is -1.65. The lowest BCUT2D eigenvalue weighted by Crippen LogP contribution is -2.44. The van der Waals surface area contributed by atoms with Gasteiger partial charge < -0.3 is 25.8 Å². The summed E-state index contributed by atoms with van der Waals surface area (Å²) in [6.45, 7) is 3.75. The smallest absolute Gasteiger partial charge is 0.246 e. The lowest BCUT2D eigenvalue weighted by molar-refractivity contribution is -0.114. The van der Waals surface area contributed by atoms with Crippen LogP contribution in [0.5, 0.6) is 0 Å². The highest BCUT2D eigenvalue weighted by molar-refractivity contribution is 14.0. The van der Waals surface area contributed by atoms with Gasteiger partial charge in [-0.25, -0.2) is 18.2 Å². The standard InChI is InChI=1S/C18H25F3N4O3.HI/c1-2-22-17(24-10-18(5-7-26)6-8-28-11-18)23-9-14(27)25-13-4-3-12(19)15(20)16(13)21;/h3-4,26H,2,5-11H2,1H3,(H,25,27)(H2,22,23,24);1H. The van der Waals surface area contributed by atoms with Crippen molar-refractivity contribution < 1.29 is 27.8 Å². The molecule has 7 nitrogen and oxygen atoms in total. The number of hydrogen-bond donors (Lipinski definition) is 4. The molecule has 1 aromatic carbocycles. The van der Waals surface area contributed by atoms with E-state index < -0.39 is 29.0 Å². The first-order chi connectivity index (χ1) is 13.4. The van der Waals surface area contributed by atoms with Gasteiger partial charge in [-0.05, 0) is 31.9 Å². The summed E-state index contributed by atoms with van der Waals surface area (Å²) < 4.78 is 45.2. The van der Waals surface area contributed by atoms with Crippen molar-refractivity contribution in [3.8, 4) is 0 Å². The van der Waals surface area contributed by atoms with Crippen molar-refractivity contribution in [1.82, 2.24) is 10.6 Å². The number of halogens is 4. The molecule has 1 aliphatic rings. The van der Waals surface area contributed by atoms with Gasteiger partial charge in [-0.2, -0.15) is 0 Å². The molecular formula is C18H26F3IN4O3. The van der Waals surface area contributed by atoms with Crippen LogP contribution in [-0.2, 0) is 9.53 Å². The number of aliphatic hydroxyl groups excluding tert-OH is 1. The van der Waals surface area contributed by atoms with E-state index in [1.807, 2.05) is 6.92 Å². The molecule has 11 heteroatoms. The highest BCUT2D eigenvalue weighted by Crippen LogP contribution is 2.31. The van der Waals surface area contributed by atoms with Gasteiger partial charge in [-0.15, -0.1) is 24.0 Å². The average molecular weight is 530 g/mol. The fourth-order valence-electron chi connectivity index (χ4n) is 2.89. The molecule has 0 aliphatic carbocycles. The Labute approximate surface area is 184 Å². The van der Waals surface area contributed by atoms with E-state index in [0.29, 0.717) is 38.7 Å². The van der Waals surface area contributed by atoms with E-state index in [0.717, 1.165) is 18.6 Å². The van der Waals surface area contributed by atoms with Crippen LogP contribution < -0.4 is 16.0 Å². The second kappa shape index (κ2) is 12.2. The fraction of sp³-hybridized carbons (Fsp3) is 0.556. The topological polar surface area (TPSA) is 95.0 Å². The molecule has 0 radical (unpaired) electrons. The Balaban J connectivity index is 0.00000420. The molecule has 164 valence electrons. The van der Waals surface area contributed by atoms with E-state index in [4.69, 9.17) is 4.74 Å². The maximum Gasteiger partial charge on any atom is 0.246 e. The van der Waals surface area contributed by atoms with Crippen molar-refractivity contribution in [3.05, 3.63) is 29.6 Å². The predicted octanol–water partition coefficient (Wildman–Crippen LogP) is 2.00. The van der Waals surface area contributed by atoms with Gasteiger partial charge >= 0.3 is 0 Å². The largest absolute Gasteiger partial charge is 0.396 e. The monoisotopic (exact) mass is 530 g/mol. The van der Waals surface area contributed by atoms with Crippen molar-refractivity contribution >= 4 is 41.5 Å². The first-order valence-corrected chi connectivity index (χ1v) is 9.05. The van der Waals surface area contributed by atoms with E-state index >= 15 is 0 Å². The van der Waals surface area contributed by atoms with E-state index in [2.05, 4.69) is 20.9 Å². The van der Waals surface area contributed by atoms with E-state index in [1.54, 1.807) is 0 Å². The molecule has 4 N–H and O–H groups in total. The zero-order valence-electron chi connectivity index (χ0n) is 16.1. The maximum absolute atomic E-state index is 13.6. The third-order valence-corrected chi connectivity index (χ3v) is 4.49. The Hall–Kier alpha value is -1.60. The Morgan fingerprint density at radius 1 is 1.28 bits per heavy atom. The number of guanidine groups is 1. The summed E-state index contributed by atoms with van der Waals surface area (Å²) in [5, 5.41) is 17.5. The summed E-state index contributed by atoms with van der Waals surface area (Å²) in [4.78, 5) is 16.1. The van der Waals surface area contributed by atoms with Gasteiger partial charge in [-0.3, -0.25) is 4.79 Å². The molecule has 1 aliphatic heterocycles. The van der Waals surface area contributed by atoms with Crippen LogP contribution in [0.3, 0.4) is 0 Å². The normalized spacial score (nSPS) is 18.9. The summed E-state index contributed by atoms with van der Waals surface area (Å²) in [5.41, 5.74) is -0.663. The zero-order chi connectivity index (χ0) is 20.6. The van der Waals surface area contributed by atoms with Crippen LogP contribution in [0.4, 0.5) is 18.9 Å². The van der Waals surface area contributed by atoms with Crippen molar-refractivity contribution in [2.24, 2.45) is 10.4 Å². The average Bonchev–Trinajstić information content (AvgIpc) is 3.13. The number of rotatable bonds is 8. The number of hydrogen-bond acceptors (Lipinski definition) is 4. The van der Waals surface area contributed by atoms with Crippen molar-refractivity contribution in [2.75, 3.05) is 44.8 Å². The van der Waals surface area contributed by atoms with Gasteiger partial charge in [0.05, 0.1) is 12.3 Å². The molecule has 2 rings (SSSR count). The molecule has 29 heavy (non-hydrogen) atoms. The van der Waals surface area contributed by atoms with Crippen molar-refractivity contribution in [3.63, 3.8) is 0 Å². The number of nitrogens with one attached hydrogen (secondary N) is 3. The third-order valence-electron chi connectivity index (χ3n) is 4.49. The van der Waals surface area contributed by atoms with E-state index in [9.17, 15) is 23.1 Å². The Morgan fingerprint density at radius 2 is 2.03 bits per heavy atom. The lowest BCUT2D eigenvalue weighted by atomic mass is 9.84. The molecule has 1 unspecified atom stereocenters. The van der Waals surface area contributed by atoms with E-state index in [1.165, 1.54) is 0 Å². The number of aliphatic hydroxyl groups is 1. The second-order valence-corrected chi connectivity index (χ2v) is 6.60. The van der Waals surface area contributed by atoms with Gasteiger partial charge in [0.2, 0.25) is 5.91 Å². The SMILES string of the molecule is CCNC(=NCC(=O)Nc1ccc(F)c(F)c1F)NCC1(CCO)CCOC1.I. The molecule has 0 spiro atoms. The Bertz CT molecular complexity index is 716. The number of anilines is 1. The van der Waals surface area contributed by atoms with Crippen LogP contribution in [0, 0.1) is 22.9 Å². The Morgan fingerprint density at radius 3 is 2.66 bits per heavy atom. The number of carbonyl (C=O) groups excluding carboxylic acids is 1. The summed E-state index contributed by atoms with van der Waals surface area (Å²) in [6, 6.07) is 1.67. The Kier molecular flexibility index (Phi) is 10.7. The minimum absolute atomic E-state index is 0. The van der Waals surface area contributed by atoms with Gasteiger partial charge in [0.25, 0.3) is 0 Å². The zero-order valence-corrected chi connectivity index (χ0v) is 18.4. The van der Waals surface area contributed by atoms with Crippen LogP contribution in [0.1, 0.15) is 19.8 Å². The third kappa shape index (κ3) is 7.30. The molecule has 1 amide bonds. The molecule has 1 saturated heterocycles. The molecular weight excluding hydrogens is 504 g/mol. The number of nitrogens with zero attached hydrogens (tertiary/aromatic N) is 1. The van der Waals surface area contributed by atoms with Crippen LogP contribution in [0.25, 0.3) is 0 Å². The van der Waals surface area contributed by atoms with Crippen molar-refractivity contribution in [2.45, 2.75) is 19.8 Å². The number of carbonyl (C=O) groups is 1. The summed E-state index contributed by atoms with van der Waals surface area (Å²) >= 11 is 0. The van der Waals surface area contributed by atoms with Crippen LogP contribution in [-0.4, -0.2) is 56.4 Å². The van der Waals surface area contributed by atoms with Crippen molar-refractivity contribution in [1.29, 1.82) is 0 Å². The summed E-state index contributed by atoms with van der Waals surface area (Å²) in [7, 11) is 0. The number of amides is 1. The number of aliphatic imine (C=N–C) groups is 1. The number of ether oxygens (including phenoxy) is 1. The first kappa shape index (κ1) is 25.4. The molecule has 0 bridgehead atoms. The molecule has 1 aromatic rings. The lowest BCUT2D eigenvalue weighted by Gasteiger charge is -2.27. The quantitative estimate of drug-likeness (QED) is 0.179. The van der Waals surface area contributed by atoms with Gasteiger partial charge in [0.1, 0.15) is 6.54 Å². The summed E-state index contributed by atoms with van der Waals surface area (Å²) in [5.74, 6) is -4.76. The van der Waals surface area contributed by atoms with Gasteiger partial charge in [0, 0.05) is 31.7 Å². The highest BCUT2D eigenvalue weighted by atomic mass is 127. The van der Waals surface area contributed by atoms with Crippen LogP contribution in [0.15, 0.2) is 17.1 Å². The number of benzene rings is 1. The molecule has 1 fully saturated rings. The second-order valence-electron chi connectivity index (χ2n) is 6.60. The van der Waals surface area contributed by atoms with Crippen LogP contribution in [0.2, 0.25) is 0 Å². The predicted molar refractivity (Wildman–Crippen MR) is 114 cm³/mol. The molecule has 1 heterocycles. The fourth-order valence-corrected chi connectivity index (χ4v) is 2.89. The summed E-state index contributed by atoms with van der Waals surface area (Å²) in [6.07, 6.45) is 1.38. The molecule has 0 aromatic heterocycles. The molecule has 0 saturated carbocycles.